The third-order valence-corrected chi connectivity index (χ3v) is 3.13. The fourth-order valence-corrected chi connectivity index (χ4v) is 2.38. The summed E-state index contributed by atoms with van der Waals surface area (Å²) in [6, 6.07) is 3.14. The summed E-state index contributed by atoms with van der Waals surface area (Å²) in [6.45, 7) is 0. The summed E-state index contributed by atoms with van der Waals surface area (Å²) < 4.78 is -1.59. The number of halogens is 6. The van der Waals surface area contributed by atoms with Crippen LogP contribution in [0, 0.1) is 0 Å². The topological polar surface area (TPSA) is 0 Å². The number of hydrogen-bond donors (Lipinski definition) is 0. The van der Waals surface area contributed by atoms with Crippen LogP contribution in [0.2, 0.25) is 10.0 Å². The van der Waals surface area contributed by atoms with Crippen LogP contribution >= 0.6 is 69.6 Å². The molecule has 14 heavy (non-hydrogen) atoms. The molecule has 6 heteroatoms. The number of rotatable bonds is 1. The molecule has 0 aliphatic carbocycles. The minimum Gasteiger partial charge on any atom is -0.121 e. The third-order valence-electron chi connectivity index (χ3n) is 1.56. The summed E-state index contributed by atoms with van der Waals surface area (Å²) in [5.74, 6) is 0.215. The molecule has 0 amide bonds. The molecule has 1 aromatic carbocycles. The predicted molar refractivity (Wildman–Crippen MR) is 65.3 cm³/mol. The van der Waals surface area contributed by atoms with E-state index in [9.17, 15) is 0 Å². The van der Waals surface area contributed by atoms with E-state index in [1.54, 1.807) is 6.07 Å². The molecule has 0 nitrogen and oxygen atoms in total. The van der Waals surface area contributed by atoms with Crippen molar-refractivity contribution >= 4 is 69.6 Å². The van der Waals surface area contributed by atoms with Gasteiger partial charge in [-0.2, -0.15) is 0 Å². The van der Waals surface area contributed by atoms with Crippen molar-refractivity contribution in [2.45, 2.75) is 9.67 Å². The van der Waals surface area contributed by atoms with E-state index < -0.39 is 3.79 Å². The molecular formula is C8H4Cl6. The molecule has 0 bridgehead atoms. The van der Waals surface area contributed by atoms with Gasteiger partial charge >= 0.3 is 0 Å². The van der Waals surface area contributed by atoms with Crippen molar-refractivity contribution in [2.75, 3.05) is 0 Å². The molecule has 0 saturated carbocycles. The van der Waals surface area contributed by atoms with E-state index in [1.165, 1.54) is 6.07 Å². The van der Waals surface area contributed by atoms with Gasteiger partial charge in [0.25, 0.3) is 0 Å². The van der Waals surface area contributed by atoms with E-state index in [2.05, 4.69) is 0 Å². The van der Waals surface area contributed by atoms with Crippen LogP contribution in [0.4, 0.5) is 0 Å². The van der Waals surface area contributed by atoms with Crippen molar-refractivity contribution in [3.8, 4) is 0 Å². The molecule has 1 rings (SSSR count). The van der Waals surface area contributed by atoms with Crippen LogP contribution in [0.15, 0.2) is 12.1 Å². The minimum atomic E-state index is -1.59. The lowest BCUT2D eigenvalue weighted by Gasteiger charge is -2.15. The Morgan fingerprint density at radius 1 is 1.07 bits per heavy atom. The molecule has 0 aliphatic heterocycles. The molecule has 0 radical (unpaired) electrons. The molecule has 0 fully saturated rings. The van der Waals surface area contributed by atoms with Crippen LogP contribution in [-0.4, -0.2) is 0 Å². The first kappa shape index (κ1) is 13.0. The monoisotopic (exact) mass is 310 g/mol. The maximum atomic E-state index is 5.97. The summed E-state index contributed by atoms with van der Waals surface area (Å²) in [5.41, 5.74) is 0.981. The zero-order valence-electron chi connectivity index (χ0n) is 6.63. The molecule has 0 unspecified atom stereocenters. The van der Waals surface area contributed by atoms with Gasteiger partial charge in [0, 0.05) is 16.5 Å². The Morgan fingerprint density at radius 2 is 1.64 bits per heavy atom. The lowest BCUT2D eigenvalue weighted by atomic mass is 10.1. The highest BCUT2D eigenvalue weighted by Crippen LogP contribution is 2.44. The van der Waals surface area contributed by atoms with Crippen LogP contribution in [0.1, 0.15) is 11.1 Å². The van der Waals surface area contributed by atoms with Crippen molar-refractivity contribution in [1.29, 1.82) is 0 Å². The van der Waals surface area contributed by atoms with Gasteiger partial charge in [-0.3, -0.25) is 0 Å². The maximum absolute atomic E-state index is 5.97. The van der Waals surface area contributed by atoms with E-state index in [0.29, 0.717) is 21.2 Å². The smallest absolute Gasteiger partial charge is 0.121 e. The standard InChI is InChI=1S/C8H4Cl6/c9-3-4-1-5(10)2-6(7(4)11)8(12,13)14/h1-2H,3H2. The molecule has 78 valence electrons. The van der Waals surface area contributed by atoms with Gasteiger partial charge in [-0.05, 0) is 17.7 Å². The molecule has 1 aromatic rings. The van der Waals surface area contributed by atoms with Gasteiger partial charge in [0.05, 0.1) is 5.02 Å². The Labute approximate surface area is 112 Å². The zero-order chi connectivity index (χ0) is 10.9. The summed E-state index contributed by atoms with van der Waals surface area (Å²) >= 11 is 34.6. The van der Waals surface area contributed by atoms with Gasteiger partial charge in [0.2, 0.25) is 3.79 Å². The van der Waals surface area contributed by atoms with Gasteiger partial charge in [0.1, 0.15) is 0 Å². The molecule has 0 N–H and O–H groups in total. The normalized spacial score (nSPS) is 11.9. The lowest BCUT2D eigenvalue weighted by molar-refractivity contribution is 1.21. The van der Waals surface area contributed by atoms with Gasteiger partial charge in [-0.25, -0.2) is 0 Å². The maximum Gasteiger partial charge on any atom is 0.217 e. The van der Waals surface area contributed by atoms with Crippen molar-refractivity contribution in [2.24, 2.45) is 0 Å². The lowest BCUT2D eigenvalue weighted by Crippen LogP contribution is -2.02. The second-order valence-corrected chi connectivity index (χ2v) is 5.92. The van der Waals surface area contributed by atoms with Crippen LogP contribution in [0.5, 0.6) is 0 Å². The number of benzene rings is 1. The molecule has 0 saturated heterocycles. The van der Waals surface area contributed by atoms with Crippen molar-refractivity contribution in [3.05, 3.63) is 33.3 Å². The van der Waals surface area contributed by atoms with E-state index in [4.69, 9.17) is 69.6 Å². The summed E-state index contributed by atoms with van der Waals surface area (Å²) in [5, 5.41) is 0.774. The summed E-state index contributed by atoms with van der Waals surface area (Å²) in [6.07, 6.45) is 0. The first-order valence-electron chi connectivity index (χ1n) is 3.47. The van der Waals surface area contributed by atoms with Crippen molar-refractivity contribution in [3.63, 3.8) is 0 Å². The second-order valence-electron chi connectivity index (χ2n) is 2.56. The van der Waals surface area contributed by atoms with Crippen molar-refractivity contribution < 1.29 is 0 Å². The molecule has 0 aromatic heterocycles. The van der Waals surface area contributed by atoms with Gasteiger partial charge < -0.3 is 0 Å². The zero-order valence-corrected chi connectivity index (χ0v) is 11.2. The fourth-order valence-electron chi connectivity index (χ4n) is 0.949. The van der Waals surface area contributed by atoms with E-state index >= 15 is 0 Å². The Morgan fingerprint density at radius 3 is 2.07 bits per heavy atom. The van der Waals surface area contributed by atoms with E-state index in [0.717, 1.165) is 0 Å². The molecular weight excluding hydrogens is 309 g/mol. The highest BCUT2D eigenvalue weighted by atomic mass is 35.6. The summed E-state index contributed by atoms with van der Waals surface area (Å²) in [4.78, 5) is 0. The minimum absolute atomic E-state index is 0.215. The van der Waals surface area contributed by atoms with Crippen LogP contribution in [0.3, 0.4) is 0 Å². The average Bonchev–Trinajstić information content (AvgIpc) is 2.06. The van der Waals surface area contributed by atoms with Crippen LogP contribution in [0.25, 0.3) is 0 Å². The first-order valence-corrected chi connectivity index (χ1v) is 5.89. The fraction of sp³-hybridized carbons (Fsp3) is 0.250. The quantitative estimate of drug-likeness (QED) is 0.596. The SMILES string of the molecule is ClCc1cc(Cl)cc(C(Cl)(Cl)Cl)c1Cl. The van der Waals surface area contributed by atoms with Crippen LogP contribution in [-0.2, 0) is 9.67 Å². The number of alkyl halides is 4. The molecule has 0 heterocycles. The Hall–Kier alpha value is 0.960. The Balaban J connectivity index is 3.37. The highest BCUT2D eigenvalue weighted by molar-refractivity contribution is 6.67. The van der Waals surface area contributed by atoms with E-state index in [1.807, 2.05) is 0 Å². The van der Waals surface area contributed by atoms with Gasteiger partial charge in [-0.1, -0.05) is 58.0 Å². The summed E-state index contributed by atoms with van der Waals surface area (Å²) in [7, 11) is 0. The average molecular weight is 313 g/mol. The second kappa shape index (κ2) is 4.86. The molecule has 0 spiro atoms. The van der Waals surface area contributed by atoms with Gasteiger partial charge in [0.15, 0.2) is 0 Å². The highest BCUT2D eigenvalue weighted by Gasteiger charge is 2.27. The Kier molecular flexibility index (Phi) is 4.52. The van der Waals surface area contributed by atoms with Crippen molar-refractivity contribution in [1.82, 2.24) is 0 Å². The first-order chi connectivity index (χ1) is 6.36. The third kappa shape index (κ3) is 2.98. The predicted octanol–water partition coefficient (Wildman–Crippen LogP) is 5.56. The van der Waals surface area contributed by atoms with E-state index in [-0.39, 0.29) is 5.88 Å². The molecule has 0 atom stereocenters. The Bertz CT molecular complexity index is 340. The number of hydrogen-bond acceptors (Lipinski definition) is 0. The molecule has 0 aliphatic rings. The van der Waals surface area contributed by atoms with Gasteiger partial charge in [-0.15, -0.1) is 11.6 Å². The largest absolute Gasteiger partial charge is 0.217 e. The van der Waals surface area contributed by atoms with Crippen LogP contribution < -0.4 is 0 Å².